The Morgan fingerprint density at radius 1 is 1.29 bits per heavy atom. The highest BCUT2D eigenvalue weighted by Crippen LogP contribution is 2.36. The normalized spacial score (nSPS) is 10.4. The number of hydrogen-bond acceptors (Lipinski definition) is 2. The summed E-state index contributed by atoms with van der Waals surface area (Å²) >= 11 is 9.66. The van der Waals surface area contributed by atoms with Crippen molar-refractivity contribution in [3.8, 4) is 0 Å². The summed E-state index contributed by atoms with van der Waals surface area (Å²) in [4.78, 5) is 15.2. The third-order valence-electron chi connectivity index (χ3n) is 0.893. The van der Waals surface area contributed by atoms with Crippen LogP contribution in [0.2, 0.25) is 5.02 Å². The first-order valence-electron chi connectivity index (χ1n) is 3.12. The van der Waals surface area contributed by atoms with Crippen LogP contribution in [-0.4, -0.2) is 9.79 Å². The number of halogens is 3. The van der Waals surface area contributed by atoms with E-state index in [9.17, 15) is 8.96 Å². The summed E-state index contributed by atoms with van der Waals surface area (Å²) in [6.45, 7) is 0. The maximum atomic E-state index is 12.0. The van der Waals surface area contributed by atoms with Gasteiger partial charge in [-0.25, -0.2) is 8.96 Å². The van der Waals surface area contributed by atoms with Gasteiger partial charge in [0.05, 0.1) is 11.9 Å². The Morgan fingerprint density at radius 3 is 1.86 bits per heavy atom. The van der Waals surface area contributed by atoms with Crippen LogP contribution in [0.4, 0.5) is 4.39 Å². The molecule has 1 aromatic rings. The van der Waals surface area contributed by atoms with Crippen LogP contribution in [0, 0.1) is 5.82 Å². The van der Waals surface area contributed by atoms with Crippen molar-refractivity contribution in [1.29, 1.82) is 0 Å². The molecule has 0 saturated carbocycles. The second kappa shape index (κ2) is 6.35. The van der Waals surface area contributed by atoms with E-state index in [1.165, 1.54) is 24.3 Å². The quantitative estimate of drug-likeness (QED) is 0.764. The average molecular weight is 263 g/mol. The van der Waals surface area contributed by atoms with Gasteiger partial charge in [-0.2, -0.15) is 4.08 Å². The number of benzene rings is 1. The largest absolute Gasteiger partial charge is 0.486 e. The van der Waals surface area contributed by atoms with Crippen molar-refractivity contribution in [3.63, 3.8) is 0 Å². The van der Waals surface area contributed by atoms with Crippen molar-refractivity contribution < 1.29 is 22.8 Å². The Morgan fingerprint density at radius 2 is 1.64 bits per heavy atom. The first kappa shape index (κ1) is 13.8. The first-order valence-corrected chi connectivity index (χ1v) is 5.34. The van der Waals surface area contributed by atoms with E-state index in [0.717, 1.165) is 0 Å². The molecule has 0 unspecified atom stereocenters. The zero-order valence-corrected chi connectivity index (χ0v) is 9.01. The molecule has 0 heterocycles. The second-order valence-electron chi connectivity index (χ2n) is 2.00. The summed E-state index contributed by atoms with van der Waals surface area (Å²) < 4.78 is 24.4. The van der Waals surface area contributed by atoms with E-state index < -0.39 is 7.82 Å². The molecule has 0 aromatic heterocycles. The molecule has 0 atom stereocenters. The van der Waals surface area contributed by atoms with Gasteiger partial charge >= 0.3 is 7.82 Å². The number of rotatable bonds is 1. The highest BCUT2D eigenvalue weighted by molar-refractivity contribution is 7.47. The van der Waals surface area contributed by atoms with E-state index in [2.05, 4.69) is 15.9 Å². The van der Waals surface area contributed by atoms with Crippen molar-refractivity contribution >= 4 is 31.3 Å². The zero-order valence-electron chi connectivity index (χ0n) is 6.60. The molecule has 0 saturated heterocycles. The summed E-state index contributed by atoms with van der Waals surface area (Å²) in [6.07, 6.45) is 0. The molecule has 2 N–H and O–H groups in total. The van der Waals surface area contributed by atoms with Crippen molar-refractivity contribution in [2.24, 2.45) is 0 Å². The van der Waals surface area contributed by atoms with Crippen LogP contribution in [0.15, 0.2) is 24.3 Å². The van der Waals surface area contributed by atoms with E-state index >= 15 is 0 Å². The minimum atomic E-state index is -4.38. The molecular formula is C6H6Cl2FO4P. The summed E-state index contributed by atoms with van der Waals surface area (Å²) in [6, 6.07) is 5.67. The molecule has 0 fully saturated rings. The van der Waals surface area contributed by atoms with Gasteiger partial charge in [0.25, 0.3) is 0 Å². The van der Waals surface area contributed by atoms with Gasteiger partial charge in [0.1, 0.15) is 5.82 Å². The Labute approximate surface area is 89.6 Å². The molecular weight excluding hydrogens is 257 g/mol. The Balaban J connectivity index is 0.000000255. The monoisotopic (exact) mass is 262 g/mol. The first-order chi connectivity index (χ1) is 6.35. The van der Waals surface area contributed by atoms with Crippen molar-refractivity contribution in [1.82, 2.24) is 0 Å². The van der Waals surface area contributed by atoms with Gasteiger partial charge < -0.3 is 9.79 Å². The van der Waals surface area contributed by atoms with Crippen LogP contribution < -0.4 is 0 Å². The second-order valence-corrected chi connectivity index (χ2v) is 3.97. The van der Waals surface area contributed by atoms with Gasteiger partial charge in [-0.1, -0.05) is 11.6 Å². The summed E-state index contributed by atoms with van der Waals surface area (Å²) in [5.74, 6) is -0.255. The highest BCUT2D eigenvalue weighted by Gasteiger charge is 2.10. The lowest BCUT2D eigenvalue weighted by Gasteiger charge is -1.89. The van der Waals surface area contributed by atoms with E-state index in [4.69, 9.17) is 21.4 Å². The van der Waals surface area contributed by atoms with Crippen LogP contribution in [0.5, 0.6) is 0 Å². The predicted molar refractivity (Wildman–Crippen MR) is 50.4 cm³/mol. The molecule has 8 heteroatoms. The van der Waals surface area contributed by atoms with Gasteiger partial charge in [-0.15, -0.1) is 0 Å². The van der Waals surface area contributed by atoms with Crippen LogP contribution in [0.3, 0.4) is 0 Å². The fraction of sp³-hybridized carbons (Fsp3) is 0. The smallest absolute Gasteiger partial charge is 0.302 e. The van der Waals surface area contributed by atoms with Gasteiger partial charge in [-0.3, -0.25) is 0 Å². The Kier molecular flexibility index (Phi) is 6.27. The Hall–Kier alpha value is -0.160. The standard InChI is InChI=1S/C6H4ClF.ClH2O4P/c7-5-1-3-6(8)4-2-5;1-5-6(2,3)4/h1-4H;(H2,2,3,4). The molecule has 1 rings (SSSR count). The third-order valence-corrected chi connectivity index (χ3v) is 1.86. The molecule has 0 aliphatic carbocycles. The fourth-order valence-electron chi connectivity index (χ4n) is 0.430. The molecule has 80 valence electrons. The molecule has 0 amide bonds. The molecule has 1 aromatic carbocycles. The molecule has 0 aliphatic heterocycles. The Bertz CT molecular complexity index is 291. The molecule has 4 nitrogen and oxygen atoms in total. The van der Waals surface area contributed by atoms with Crippen molar-refractivity contribution in [2.75, 3.05) is 0 Å². The zero-order chi connectivity index (χ0) is 11.2. The lowest BCUT2D eigenvalue weighted by atomic mass is 10.4. The summed E-state index contributed by atoms with van der Waals surface area (Å²) in [5, 5.41) is 0.561. The minimum absolute atomic E-state index is 0.255. The van der Waals surface area contributed by atoms with E-state index in [1.54, 1.807) is 0 Å². The molecule has 0 radical (unpaired) electrons. The average Bonchev–Trinajstić information content (AvgIpc) is 2.10. The minimum Gasteiger partial charge on any atom is -0.302 e. The van der Waals surface area contributed by atoms with Crippen LogP contribution in [0.25, 0.3) is 0 Å². The van der Waals surface area contributed by atoms with Crippen molar-refractivity contribution in [2.45, 2.75) is 0 Å². The van der Waals surface area contributed by atoms with Crippen LogP contribution >= 0.6 is 31.3 Å². The lowest BCUT2D eigenvalue weighted by molar-refractivity contribution is 0.292. The maximum Gasteiger partial charge on any atom is 0.486 e. The molecule has 0 bridgehead atoms. The predicted octanol–water partition coefficient (Wildman–Crippen LogP) is 2.73. The maximum absolute atomic E-state index is 12.0. The topological polar surface area (TPSA) is 66.8 Å². The summed E-state index contributed by atoms with van der Waals surface area (Å²) in [5.41, 5.74) is 0. The van der Waals surface area contributed by atoms with Crippen molar-refractivity contribution in [3.05, 3.63) is 35.1 Å². The van der Waals surface area contributed by atoms with E-state index in [-0.39, 0.29) is 5.82 Å². The molecule has 14 heavy (non-hydrogen) atoms. The van der Waals surface area contributed by atoms with Crippen LogP contribution in [0.1, 0.15) is 0 Å². The SMILES string of the molecule is Fc1ccc(Cl)cc1.O=P(O)(O)OCl. The van der Waals surface area contributed by atoms with Crippen LogP contribution in [-0.2, 0) is 8.64 Å². The highest BCUT2D eigenvalue weighted by atomic mass is 35.5. The fourth-order valence-corrected chi connectivity index (χ4v) is 0.556. The van der Waals surface area contributed by atoms with Gasteiger partial charge in [0.15, 0.2) is 0 Å². The van der Waals surface area contributed by atoms with Gasteiger partial charge in [0, 0.05) is 5.02 Å². The molecule has 0 spiro atoms. The third kappa shape index (κ3) is 8.44. The lowest BCUT2D eigenvalue weighted by Crippen LogP contribution is -1.70. The molecule has 0 aliphatic rings. The number of hydrogen-bond donors (Lipinski definition) is 2. The summed E-state index contributed by atoms with van der Waals surface area (Å²) in [7, 11) is -4.38. The van der Waals surface area contributed by atoms with E-state index in [1.807, 2.05) is 0 Å². The van der Waals surface area contributed by atoms with E-state index in [0.29, 0.717) is 5.02 Å². The van der Waals surface area contributed by atoms with Gasteiger partial charge in [-0.05, 0) is 24.3 Å². The van der Waals surface area contributed by atoms with Gasteiger partial charge in [0.2, 0.25) is 0 Å². The number of phosphoric acid groups is 1.